The van der Waals surface area contributed by atoms with Gasteiger partial charge >= 0.3 is 6.09 Å². The number of fused-ring (bicyclic) bond motifs is 1. The lowest BCUT2D eigenvalue weighted by atomic mass is 9.85. The van der Waals surface area contributed by atoms with Crippen molar-refractivity contribution in [1.29, 1.82) is 0 Å². The third kappa shape index (κ3) is 5.00. The van der Waals surface area contributed by atoms with Crippen LogP contribution in [-0.2, 0) is 9.53 Å². The highest BCUT2D eigenvalue weighted by Gasteiger charge is 2.48. The summed E-state index contributed by atoms with van der Waals surface area (Å²) in [5.41, 5.74) is 0.272. The van der Waals surface area contributed by atoms with Crippen molar-refractivity contribution in [2.45, 2.75) is 77.5 Å². The lowest BCUT2D eigenvalue weighted by Crippen LogP contribution is -2.49. The van der Waals surface area contributed by atoms with Crippen molar-refractivity contribution in [2.24, 2.45) is 5.92 Å². The number of nitrogens with one attached hydrogen (secondary N) is 1. The Balaban J connectivity index is 1.87. The maximum atomic E-state index is 13.2. The normalized spacial score (nSPS) is 24.0. The fourth-order valence-corrected chi connectivity index (χ4v) is 4.78. The van der Waals surface area contributed by atoms with E-state index in [0.717, 1.165) is 30.2 Å². The molecule has 1 aromatic carbocycles. The second kappa shape index (κ2) is 8.46. The Morgan fingerprint density at radius 3 is 2.52 bits per heavy atom. The van der Waals surface area contributed by atoms with Crippen LogP contribution in [0.25, 0.3) is 0 Å². The van der Waals surface area contributed by atoms with Gasteiger partial charge in [-0.25, -0.2) is 4.79 Å². The number of nitrogens with zero attached hydrogens (tertiary/aromatic N) is 1. The number of Topliss-reactive ketones (excluding diaryl/α,β-unsaturated/α-hetero) is 1. The molecule has 1 aromatic rings. The molecule has 0 aromatic heterocycles. The summed E-state index contributed by atoms with van der Waals surface area (Å²) >= 11 is 3.39. The molecule has 0 bridgehead atoms. The lowest BCUT2D eigenvalue weighted by molar-refractivity contribution is -0.120. The first-order valence-electron chi connectivity index (χ1n) is 10.2. The van der Waals surface area contributed by atoms with Crippen molar-refractivity contribution < 1.29 is 19.1 Å². The van der Waals surface area contributed by atoms with E-state index in [1.54, 1.807) is 23.1 Å². The van der Waals surface area contributed by atoms with Crippen molar-refractivity contribution in [3.63, 3.8) is 0 Å². The minimum Gasteiger partial charge on any atom is -0.444 e. The molecule has 3 atom stereocenters. The standard InChI is InChI=1S/C22H29BrN2O4/c1-13(26)16-10-9-15(23)12-17(16)24-20(27)19-11-14-7-5-6-8-18(14)25(19)21(28)29-22(2,3)4/h9-10,12,14,18-19H,5-8,11H2,1-4H3,(H,24,27). The minimum atomic E-state index is -0.628. The van der Waals surface area contributed by atoms with Crippen LogP contribution >= 0.6 is 15.9 Å². The van der Waals surface area contributed by atoms with Crippen LogP contribution in [0, 0.1) is 5.92 Å². The number of hydrogen-bond acceptors (Lipinski definition) is 4. The van der Waals surface area contributed by atoms with Crippen molar-refractivity contribution in [2.75, 3.05) is 5.32 Å². The third-order valence-corrected chi connectivity index (χ3v) is 6.11. The number of carbonyl (C=O) groups is 3. The van der Waals surface area contributed by atoms with Crippen LogP contribution in [0.3, 0.4) is 0 Å². The highest BCUT2D eigenvalue weighted by molar-refractivity contribution is 9.10. The molecule has 2 aliphatic rings. The molecule has 6 nitrogen and oxygen atoms in total. The summed E-state index contributed by atoms with van der Waals surface area (Å²) in [7, 11) is 0. The minimum absolute atomic E-state index is 0.0316. The fraction of sp³-hybridized carbons (Fsp3) is 0.591. The van der Waals surface area contributed by atoms with Gasteiger partial charge in [0.2, 0.25) is 5.91 Å². The van der Waals surface area contributed by atoms with Crippen LogP contribution < -0.4 is 5.32 Å². The average molecular weight is 465 g/mol. The van der Waals surface area contributed by atoms with Gasteiger partial charge in [-0.3, -0.25) is 14.5 Å². The second-order valence-corrected chi connectivity index (χ2v) is 9.90. The van der Waals surface area contributed by atoms with Gasteiger partial charge in [-0.05, 0) is 71.1 Å². The molecule has 1 aliphatic carbocycles. The Kier molecular flexibility index (Phi) is 6.36. The molecule has 3 rings (SSSR count). The maximum Gasteiger partial charge on any atom is 0.411 e. The maximum absolute atomic E-state index is 13.2. The summed E-state index contributed by atoms with van der Waals surface area (Å²) in [6.45, 7) is 6.95. The molecule has 7 heteroatoms. The van der Waals surface area contributed by atoms with E-state index >= 15 is 0 Å². The van der Waals surface area contributed by atoms with Crippen molar-refractivity contribution in [1.82, 2.24) is 4.90 Å². The number of ketones is 1. The van der Waals surface area contributed by atoms with Crippen LogP contribution in [0.4, 0.5) is 10.5 Å². The Hall–Kier alpha value is -1.89. The fourth-order valence-electron chi connectivity index (χ4n) is 4.41. The van der Waals surface area contributed by atoms with E-state index in [1.165, 1.54) is 6.92 Å². The van der Waals surface area contributed by atoms with Crippen molar-refractivity contribution in [3.8, 4) is 0 Å². The van der Waals surface area contributed by atoms with E-state index in [0.29, 0.717) is 23.6 Å². The Labute approximate surface area is 180 Å². The molecule has 2 fully saturated rings. The van der Waals surface area contributed by atoms with Gasteiger partial charge in [-0.15, -0.1) is 0 Å². The van der Waals surface area contributed by atoms with E-state index in [2.05, 4.69) is 21.2 Å². The molecule has 158 valence electrons. The summed E-state index contributed by atoms with van der Waals surface area (Å²) in [5.74, 6) is -0.0930. The molecule has 2 amide bonds. The van der Waals surface area contributed by atoms with Crippen molar-refractivity contribution >= 4 is 39.4 Å². The number of ether oxygens (including phenoxy) is 1. The van der Waals surface area contributed by atoms with Gasteiger partial charge < -0.3 is 10.1 Å². The Morgan fingerprint density at radius 1 is 1.17 bits per heavy atom. The van der Waals surface area contributed by atoms with Crippen LogP contribution in [-0.4, -0.2) is 40.4 Å². The molecule has 1 saturated heterocycles. The highest BCUT2D eigenvalue weighted by Crippen LogP contribution is 2.41. The van der Waals surface area contributed by atoms with E-state index in [9.17, 15) is 14.4 Å². The first-order valence-corrected chi connectivity index (χ1v) is 11.0. The zero-order valence-corrected chi connectivity index (χ0v) is 19.0. The van der Waals surface area contributed by atoms with Gasteiger partial charge in [0.25, 0.3) is 0 Å². The van der Waals surface area contributed by atoms with Gasteiger partial charge in [0.05, 0.1) is 5.69 Å². The molecular weight excluding hydrogens is 436 g/mol. The summed E-state index contributed by atoms with van der Waals surface area (Å²) < 4.78 is 6.39. The molecule has 0 spiro atoms. The summed E-state index contributed by atoms with van der Waals surface area (Å²) in [4.78, 5) is 39.8. The van der Waals surface area contributed by atoms with Crippen molar-refractivity contribution in [3.05, 3.63) is 28.2 Å². The second-order valence-electron chi connectivity index (χ2n) is 8.99. The number of carbonyl (C=O) groups excluding carboxylic acids is 3. The number of rotatable bonds is 3. The summed E-state index contributed by atoms with van der Waals surface area (Å²) in [5, 5.41) is 2.89. The summed E-state index contributed by atoms with van der Waals surface area (Å²) in [6, 6.07) is 4.60. The number of halogens is 1. The van der Waals surface area contributed by atoms with Gasteiger partial charge in [0.15, 0.2) is 5.78 Å². The molecule has 29 heavy (non-hydrogen) atoms. The zero-order valence-electron chi connectivity index (χ0n) is 17.5. The SMILES string of the molecule is CC(=O)c1ccc(Br)cc1NC(=O)C1CC2CCCCC2N1C(=O)OC(C)(C)C. The number of anilines is 1. The topological polar surface area (TPSA) is 75.7 Å². The van der Waals surface area contributed by atoms with E-state index in [4.69, 9.17) is 4.74 Å². The molecule has 0 radical (unpaired) electrons. The summed E-state index contributed by atoms with van der Waals surface area (Å²) in [6.07, 6.45) is 4.27. The van der Waals surface area contributed by atoms with E-state index < -0.39 is 17.7 Å². The Morgan fingerprint density at radius 2 is 1.86 bits per heavy atom. The zero-order chi connectivity index (χ0) is 21.3. The molecule has 1 heterocycles. The quantitative estimate of drug-likeness (QED) is 0.626. The number of amides is 2. The number of hydrogen-bond donors (Lipinski definition) is 1. The van der Waals surface area contributed by atoms with Gasteiger partial charge in [-0.1, -0.05) is 28.8 Å². The average Bonchev–Trinajstić information content (AvgIpc) is 3.00. The predicted molar refractivity (Wildman–Crippen MR) is 115 cm³/mol. The number of benzene rings is 1. The van der Waals surface area contributed by atoms with Gasteiger partial charge in [-0.2, -0.15) is 0 Å². The monoisotopic (exact) mass is 464 g/mol. The molecule has 1 N–H and O–H groups in total. The lowest BCUT2D eigenvalue weighted by Gasteiger charge is -2.34. The molecule has 1 saturated carbocycles. The first-order chi connectivity index (χ1) is 13.6. The largest absolute Gasteiger partial charge is 0.444 e. The van der Waals surface area contributed by atoms with Crippen LogP contribution in [0.5, 0.6) is 0 Å². The number of likely N-dealkylation sites (tertiary alicyclic amines) is 1. The third-order valence-electron chi connectivity index (χ3n) is 5.61. The molecule has 1 aliphatic heterocycles. The van der Waals surface area contributed by atoms with Crippen LogP contribution in [0.1, 0.15) is 70.2 Å². The van der Waals surface area contributed by atoms with Crippen LogP contribution in [0.2, 0.25) is 0 Å². The van der Waals surface area contributed by atoms with E-state index in [1.807, 2.05) is 20.8 Å². The van der Waals surface area contributed by atoms with Gasteiger partial charge in [0, 0.05) is 16.1 Å². The first kappa shape index (κ1) is 21.8. The molecule has 3 unspecified atom stereocenters. The predicted octanol–water partition coefficient (Wildman–Crippen LogP) is 5.16. The highest BCUT2D eigenvalue weighted by atomic mass is 79.9. The Bertz CT molecular complexity index is 818. The van der Waals surface area contributed by atoms with Gasteiger partial charge in [0.1, 0.15) is 11.6 Å². The van der Waals surface area contributed by atoms with Crippen LogP contribution in [0.15, 0.2) is 22.7 Å². The van der Waals surface area contributed by atoms with E-state index in [-0.39, 0.29) is 17.7 Å². The smallest absolute Gasteiger partial charge is 0.411 e. The molecular formula is C22H29BrN2O4.